The molecular weight excluding hydrogens is 160 g/mol. The van der Waals surface area contributed by atoms with Gasteiger partial charge in [-0.05, 0) is 12.1 Å². The van der Waals surface area contributed by atoms with E-state index in [-0.39, 0.29) is 4.99 Å². The van der Waals surface area contributed by atoms with Gasteiger partial charge in [-0.15, -0.1) is 0 Å². The lowest BCUT2D eigenvalue weighted by Crippen LogP contribution is -1.91. The third kappa shape index (κ3) is 2.04. The predicted octanol–water partition coefficient (Wildman–Crippen LogP) is 1.09. The Kier molecular flexibility index (Phi) is 2.60. The van der Waals surface area contributed by atoms with E-state index in [9.17, 15) is 4.79 Å². The smallest absolute Gasteiger partial charge is 0.241 e. The molecule has 0 aliphatic rings. The van der Waals surface area contributed by atoms with Gasteiger partial charge in [-0.2, -0.15) is 4.99 Å². The van der Waals surface area contributed by atoms with Gasteiger partial charge in [-0.1, -0.05) is 12.2 Å². The monoisotopic (exact) mass is 164 g/mol. The first kappa shape index (κ1) is 7.72. The SMILES string of the molecule is O=C=NC(=S)c1cccnc1. The number of aromatic nitrogens is 1. The third-order valence-electron chi connectivity index (χ3n) is 1.06. The van der Waals surface area contributed by atoms with Gasteiger partial charge < -0.3 is 0 Å². The van der Waals surface area contributed by atoms with E-state index < -0.39 is 0 Å². The lowest BCUT2D eigenvalue weighted by molar-refractivity contribution is 0.566. The molecule has 1 aromatic rings. The van der Waals surface area contributed by atoms with Crippen molar-refractivity contribution >= 4 is 23.3 Å². The minimum atomic E-state index is 0.216. The average Bonchev–Trinajstić information content (AvgIpc) is 2.07. The van der Waals surface area contributed by atoms with Crippen molar-refractivity contribution in [3.05, 3.63) is 30.1 Å². The van der Waals surface area contributed by atoms with E-state index in [1.165, 1.54) is 6.08 Å². The molecule has 3 nitrogen and oxygen atoms in total. The molecule has 11 heavy (non-hydrogen) atoms. The Morgan fingerprint density at radius 1 is 1.73 bits per heavy atom. The molecule has 0 unspecified atom stereocenters. The summed E-state index contributed by atoms with van der Waals surface area (Å²) in [5, 5.41) is 0. The number of hydrogen-bond acceptors (Lipinski definition) is 3. The number of nitrogens with zero attached hydrogens (tertiary/aromatic N) is 2. The number of carbonyl (C=O) groups excluding carboxylic acids is 1. The minimum Gasteiger partial charge on any atom is -0.264 e. The minimum absolute atomic E-state index is 0.216. The zero-order valence-electron chi connectivity index (χ0n) is 5.52. The van der Waals surface area contributed by atoms with Crippen molar-refractivity contribution in [1.82, 2.24) is 4.98 Å². The van der Waals surface area contributed by atoms with Gasteiger partial charge in [0.15, 0.2) is 0 Å². The Morgan fingerprint density at radius 2 is 2.55 bits per heavy atom. The van der Waals surface area contributed by atoms with E-state index in [1.54, 1.807) is 24.5 Å². The molecule has 4 heteroatoms. The molecule has 0 aliphatic heterocycles. The van der Waals surface area contributed by atoms with Crippen molar-refractivity contribution in [3.8, 4) is 0 Å². The van der Waals surface area contributed by atoms with E-state index in [0.717, 1.165) is 0 Å². The fourth-order valence-corrected chi connectivity index (χ4v) is 0.753. The van der Waals surface area contributed by atoms with E-state index in [0.29, 0.717) is 5.56 Å². The van der Waals surface area contributed by atoms with E-state index in [4.69, 9.17) is 12.2 Å². The summed E-state index contributed by atoms with van der Waals surface area (Å²) in [5.74, 6) is 0. The van der Waals surface area contributed by atoms with Crippen LogP contribution in [0.4, 0.5) is 0 Å². The summed E-state index contributed by atoms with van der Waals surface area (Å²) >= 11 is 4.75. The van der Waals surface area contributed by atoms with Crippen molar-refractivity contribution in [1.29, 1.82) is 0 Å². The zero-order valence-corrected chi connectivity index (χ0v) is 6.34. The van der Waals surface area contributed by atoms with Crippen molar-refractivity contribution in [3.63, 3.8) is 0 Å². The fraction of sp³-hybridized carbons (Fsp3) is 0. The van der Waals surface area contributed by atoms with Crippen LogP contribution in [0.2, 0.25) is 0 Å². The van der Waals surface area contributed by atoms with Crippen LogP contribution in [0.1, 0.15) is 5.56 Å². The average molecular weight is 164 g/mol. The highest BCUT2D eigenvalue weighted by Crippen LogP contribution is 1.98. The van der Waals surface area contributed by atoms with Gasteiger partial charge in [0, 0.05) is 18.0 Å². The lowest BCUT2D eigenvalue weighted by Gasteiger charge is -1.91. The summed E-state index contributed by atoms with van der Waals surface area (Å²) in [7, 11) is 0. The molecule has 0 aromatic carbocycles. The Labute approximate surface area is 68.8 Å². The van der Waals surface area contributed by atoms with Crippen LogP contribution < -0.4 is 0 Å². The van der Waals surface area contributed by atoms with Gasteiger partial charge in [-0.25, -0.2) is 4.79 Å². The summed E-state index contributed by atoms with van der Waals surface area (Å²) in [5.41, 5.74) is 0.658. The van der Waals surface area contributed by atoms with E-state index in [1.807, 2.05) is 0 Å². The maximum Gasteiger partial charge on any atom is 0.241 e. The molecule has 1 heterocycles. The number of rotatable bonds is 1. The topological polar surface area (TPSA) is 42.3 Å². The number of hydrogen-bond donors (Lipinski definition) is 0. The fourth-order valence-electron chi connectivity index (χ4n) is 0.595. The first-order valence-corrected chi connectivity index (χ1v) is 3.27. The number of thiocarbonyl (C=S) groups is 1. The molecule has 54 valence electrons. The van der Waals surface area contributed by atoms with Gasteiger partial charge in [0.05, 0.1) is 0 Å². The standard InChI is InChI=1S/C7H4N2OS/c10-5-9-7(11)6-2-1-3-8-4-6/h1-4H. The van der Waals surface area contributed by atoms with Crippen LogP contribution in [-0.4, -0.2) is 16.1 Å². The van der Waals surface area contributed by atoms with Crippen LogP contribution in [0.3, 0.4) is 0 Å². The van der Waals surface area contributed by atoms with Crippen molar-refractivity contribution < 1.29 is 4.79 Å². The molecule has 0 bridgehead atoms. The molecule has 0 radical (unpaired) electrons. The summed E-state index contributed by atoms with van der Waals surface area (Å²) < 4.78 is 0. The Balaban J connectivity index is 2.94. The number of isocyanates is 1. The van der Waals surface area contributed by atoms with Gasteiger partial charge in [-0.3, -0.25) is 4.98 Å². The second-order valence-corrected chi connectivity index (χ2v) is 2.14. The first-order valence-electron chi connectivity index (χ1n) is 2.87. The van der Waals surface area contributed by atoms with Gasteiger partial charge in [0.2, 0.25) is 6.08 Å². The molecule has 0 saturated carbocycles. The van der Waals surface area contributed by atoms with Crippen molar-refractivity contribution in [2.24, 2.45) is 4.99 Å². The third-order valence-corrected chi connectivity index (χ3v) is 1.38. The normalized spacial score (nSPS) is 8.36. The molecule has 0 spiro atoms. The first-order chi connectivity index (χ1) is 5.34. The molecule has 0 fully saturated rings. The van der Waals surface area contributed by atoms with Crippen LogP contribution in [0.25, 0.3) is 0 Å². The van der Waals surface area contributed by atoms with Crippen LogP contribution in [0.5, 0.6) is 0 Å². The van der Waals surface area contributed by atoms with Crippen LogP contribution in [-0.2, 0) is 4.79 Å². The maximum atomic E-state index is 9.79. The molecule has 0 atom stereocenters. The van der Waals surface area contributed by atoms with Crippen LogP contribution in [0, 0.1) is 0 Å². The highest BCUT2D eigenvalue weighted by atomic mass is 32.1. The Morgan fingerprint density at radius 3 is 3.09 bits per heavy atom. The van der Waals surface area contributed by atoms with E-state index in [2.05, 4.69) is 9.98 Å². The van der Waals surface area contributed by atoms with Crippen LogP contribution in [0.15, 0.2) is 29.5 Å². The largest absolute Gasteiger partial charge is 0.264 e. The van der Waals surface area contributed by atoms with Crippen molar-refractivity contribution in [2.45, 2.75) is 0 Å². The highest BCUT2D eigenvalue weighted by molar-refractivity contribution is 7.80. The van der Waals surface area contributed by atoms with Gasteiger partial charge in [0.25, 0.3) is 0 Å². The van der Waals surface area contributed by atoms with Gasteiger partial charge >= 0.3 is 0 Å². The highest BCUT2D eigenvalue weighted by Gasteiger charge is 1.95. The zero-order chi connectivity index (χ0) is 8.10. The van der Waals surface area contributed by atoms with E-state index >= 15 is 0 Å². The number of pyridine rings is 1. The Bertz CT molecular complexity index is 303. The summed E-state index contributed by atoms with van der Waals surface area (Å²) in [4.78, 5) is 17.1. The molecule has 0 amide bonds. The summed E-state index contributed by atoms with van der Waals surface area (Å²) in [6, 6.07) is 3.46. The van der Waals surface area contributed by atoms with Crippen molar-refractivity contribution in [2.75, 3.05) is 0 Å². The predicted molar refractivity (Wildman–Crippen MR) is 44.1 cm³/mol. The molecule has 1 rings (SSSR count). The van der Waals surface area contributed by atoms with Gasteiger partial charge in [0.1, 0.15) is 4.99 Å². The molecule has 0 N–H and O–H groups in total. The second-order valence-electron chi connectivity index (χ2n) is 1.75. The molecular formula is C7H4N2OS. The number of aliphatic imine (C=N–C) groups is 1. The molecule has 0 aliphatic carbocycles. The maximum absolute atomic E-state index is 9.79. The molecule has 0 saturated heterocycles. The van der Waals surface area contributed by atoms with Crippen LogP contribution >= 0.6 is 12.2 Å². The summed E-state index contributed by atoms with van der Waals surface area (Å²) in [6.45, 7) is 0. The summed E-state index contributed by atoms with van der Waals surface area (Å²) in [6.07, 6.45) is 4.54. The lowest BCUT2D eigenvalue weighted by atomic mass is 10.3. The molecule has 1 aromatic heterocycles. The second kappa shape index (κ2) is 3.71. The quantitative estimate of drug-likeness (QED) is 0.354. The Hall–Kier alpha value is -1.38.